The lowest BCUT2D eigenvalue weighted by atomic mass is 10.0. The molecule has 0 aliphatic heterocycles. The first-order valence-corrected chi connectivity index (χ1v) is 7.39. The molecule has 0 atom stereocenters. The largest absolute Gasteiger partial charge is 0.380 e. The van der Waals surface area contributed by atoms with Crippen molar-refractivity contribution >= 4 is 29.9 Å². The molecule has 1 aliphatic carbocycles. The van der Waals surface area contributed by atoms with Crippen molar-refractivity contribution in [2.45, 2.75) is 45.4 Å². The van der Waals surface area contributed by atoms with Crippen LogP contribution in [0.15, 0.2) is 4.99 Å². The van der Waals surface area contributed by atoms with Gasteiger partial charge in [-0.3, -0.25) is 4.99 Å². The van der Waals surface area contributed by atoms with E-state index in [1.165, 1.54) is 38.5 Å². The summed E-state index contributed by atoms with van der Waals surface area (Å²) in [5, 5.41) is 6.60. The van der Waals surface area contributed by atoms with Crippen LogP contribution in [0.1, 0.15) is 45.4 Å². The maximum Gasteiger partial charge on any atom is 0.191 e. The molecule has 0 aromatic carbocycles. The number of ether oxygens (including phenoxy) is 1. The van der Waals surface area contributed by atoms with Crippen LogP contribution in [0.25, 0.3) is 0 Å². The van der Waals surface area contributed by atoms with E-state index >= 15 is 0 Å². The van der Waals surface area contributed by atoms with Gasteiger partial charge in [0.2, 0.25) is 0 Å². The van der Waals surface area contributed by atoms with Crippen molar-refractivity contribution in [3.63, 3.8) is 0 Å². The molecule has 0 unspecified atom stereocenters. The highest BCUT2D eigenvalue weighted by Crippen LogP contribution is 2.28. The summed E-state index contributed by atoms with van der Waals surface area (Å²) < 4.78 is 5.28. The first-order valence-electron chi connectivity index (χ1n) is 7.39. The topological polar surface area (TPSA) is 45.6 Å². The lowest BCUT2D eigenvalue weighted by molar-refractivity contribution is 0.152. The van der Waals surface area contributed by atoms with Gasteiger partial charge in [0.25, 0.3) is 0 Å². The van der Waals surface area contributed by atoms with Crippen molar-refractivity contribution in [1.29, 1.82) is 0 Å². The summed E-state index contributed by atoms with van der Waals surface area (Å²) in [7, 11) is 1.81. The van der Waals surface area contributed by atoms with Crippen molar-refractivity contribution in [2.24, 2.45) is 10.9 Å². The molecule has 4 nitrogen and oxygen atoms in total. The number of nitrogens with one attached hydrogen (secondary N) is 2. The van der Waals surface area contributed by atoms with Gasteiger partial charge >= 0.3 is 0 Å². The molecule has 0 aromatic rings. The third-order valence-electron chi connectivity index (χ3n) is 3.52. The van der Waals surface area contributed by atoms with Gasteiger partial charge in [0.15, 0.2) is 5.96 Å². The minimum absolute atomic E-state index is 0. The van der Waals surface area contributed by atoms with Crippen LogP contribution in [0, 0.1) is 5.92 Å². The molecule has 114 valence electrons. The maximum atomic E-state index is 5.28. The highest BCUT2D eigenvalue weighted by molar-refractivity contribution is 14.0. The zero-order chi connectivity index (χ0) is 13.1. The van der Waals surface area contributed by atoms with Gasteiger partial charge in [-0.05, 0) is 25.7 Å². The summed E-state index contributed by atoms with van der Waals surface area (Å²) >= 11 is 0. The first-order chi connectivity index (χ1) is 8.86. The normalized spacial score (nSPS) is 16.2. The van der Waals surface area contributed by atoms with Crippen LogP contribution in [0.3, 0.4) is 0 Å². The van der Waals surface area contributed by atoms with Crippen LogP contribution in [-0.4, -0.2) is 39.3 Å². The number of rotatable bonds is 8. The molecule has 0 heterocycles. The molecule has 0 aromatic heterocycles. The summed E-state index contributed by atoms with van der Waals surface area (Å²) in [5.74, 6) is 1.88. The van der Waals surface area contributed by atoms with Gasteiger partial charge in [0, 0.05) is 26.7 Å². The molecule has 1 aliphatic rings. The molecule has 19 heavy (non-hydrogen) atoms. The average molecular weight is 383 g/mol. The lowest BCUT2D eigenvalue weighted by Crippen LogP contribution is -2.39. The van der Waals surface area contributed by atoms with Gasteiger partial charge in [-0.25, -0.2) is 0 Å². The Bertz CT molecular complexity index is 231. The Labute approximate surface area is 135 Å². The Kier molecular flexibility index (Phi) is 12.9. The Hall–Kier alpha value is -0.0400. The van der Waals surface area contributed by atoms with E-state index in [0.29, 0.717) is 0 Å². The molecular formula is C14H30IN3O. The second-order valence-corrected chi connectivity index (χ2v) is 4.92. The second kappa shape index (κ2) is 13.0. The third kappa shape index (κ3) is 9.49. The van der Waals surface area contributed by atoms with Gasteiger partial charge in [0.1, 0.15) is 0 Å². The number of hydrogen-bond donors (Lipinski definition) is 2. The Morgan fingerprint density at radius 1 is 1.21 bits per heavy atom. The molecule has 0 radical (unpaired) electrons. The molecule has 0 bridgehead atoms. The minimum atomic E-state index is 0. The van der Waals surface area contributed by atoms with Crippen molar-refractivity contribution in [1.82, 2.24) is 10.6 Å². The van der Waals surface area contributed by atoms with E-state index in [2.05, 4.69) is 15.6 Å². The van der Waals surface area contributed by atoms with E-state index in [1.54, 1.807) is 0 Å². The minimum Gasteiger partial charge on any atom is -0.380 e. The standard InChI is InChI=1S/C14H29N3O.HI/c1-3-18-12-11-17-14(15-2)16-10-6-9-13-7-4-5-8-13;/h13H,3-12H2,1-2H3,(H2,15,16,17);1H. The van der Waals surface area contributed by atoms with Gasteiger partial charge in [-0.2, -0.15) is 0 Å². The van der Waals surface area contributed by atoms with Gasteiger partial charge in [-0.1, -0.05) is 25.7 Å². The van der Waals surface area contributed by atoms with Crippen molar-refractivity contribution in [3.8, 4) is 0 Å². The van der Waals surface area contributed by atoms with Crippen LogP contribution < -0.4 is 10.6 Å². The van der Waals surface area contributed by atoms with Crippen LogP contribution in [0.2, 0.25) is 0 Å². The van der Waals surface area contributed by atoms with E-state index in [0.717, 1.165) is 38.2 Å². The predicted octanol–water partition coefficient (Wildman–Crippen LogP) is 2.78. The quantitative estimate of drug-likeness (QED) is 0.293. The second-order valence-electron chi connectivity index (χ2n) is 4.92. The number of halogens is 1. The summed E-state index contributed by atoms with van der Waals surface area (Å²) in [6.07, 6.45) is 8.39. The fourth-order valence-electron chi connectivity index (χ4n) is 2.50. The van der Waals surface area contributed by atoms with Crippen LogP contribution in [-0.2, 0) is 4.74 Å². The summed E-state index contributed by atoms with van der Waals surface area (Å²) in [5.41, 5.74) is 0. The van der Waals surface area contributed by atoms with E-state index < -0.39 is 0 Å². The van der Waals surface area contributed by atoms with Crippen molar-refractivity contribution in [3.05, 3.63) is 0 Å². The molecule has 0 amide bonds. The number of guanidine groups is 1. The Morgan fingerprint density at radius 3 is 2.53 bits per heavy atom. The molecule has 0 saturated heterocycles. The van der Waals surface area contributed by atoms with E-state index in [9.17, 15) is 0 Å². The number of nitrogens with zero attached hydrogens (tertiary/aromatic N) is 1. The third-order valence-corrected chi connectivity index (χ3v) is 3.52. The van der Waals surface area contributed by atoms with E-state index in [4.69, 9.17) is 4.74 Å². The zero-order valence-electron chi connectivity index (χ0n) is 12.4. The van der Waals surface area contributed by atoms with Crippen LogP contribution in [0.4, 0.5) is 0 Å². The molecule has 1 fully saturated rings. The molecule has 1 saturated carbocycles. The smallest absolute Gasteiger partial charge is 0.191 e. The lowest BCUT2D eigenvalue weighted by Gasteiger charge is -2.13. The number of aliphatic imine (C=N–C) groups is 1. The SMILES string of the molecule is CCOCCNC(=NC)NCCCC1CCCC1.I. The fourth-order valence-corrected chi connectivity index (χ4v) is 2.50. The monoisotopic (exact) mass is 383 g/mol. The summed E-state index contributed by atoms with van der Waals surface area (Å²) in [6.45, 7) is 5.35. The summed E-state index contributed by atoms with van der Waals surface area (Å²) in [4.78, 5) is 4.19. The van der Waals surface area contributed by atoms with E-state index in [1.807, 2.05) is 14.0 Å². The zero-order valence-corrected chi connectivity index (χ0v) is 14.7. The van der Waals surface area contributed by atoms with E-state index in [-0.39, 0.29) is 24.0 Å². The molecule has 1 rings (SSSR count). The van der Waals surface area contributed by atoms with Crippen molar-refractivity contribution in [2.75, 3.05) is 33.4 Å². The first kappa shape index (κ1) is 19.0. The fraction of sp³-hybridized carbons (Fsp3) is 0.929. The molecule has 0 spiro atoms. The van der Waals surface area contributed by atoms with Gasteiger partial charge in [0.05, 0.1) is 6.61 Å². The highest BCUT2D eigenvalue weighted by Gasteiger charge is 2.13. The Balaban J connectivity index is 0.00000324. The van der Waals surface area contributed by atoms with Gasteiger partial charge in [-0.15, -0.1) is 24.0 Å². The van der Waals surface area contributed by atoms with Crippen molar-refractivity contribution < 1.29 is 4.74 Å². The summed E-state index contributed by atoms with van der Waals surface area (Å²) in [6, 6.07) is 0. The Morgan fingerprint density at radius 2 is 1.89 bits per heavy atom. The molecular weight excluding hydrogens is 353 g/mol. The average Bonchev–Trinajstić information content (AvgIpc) is 2.90. The predicted molar refractivity (Wildman–Crippen MR) is 92.5 cm³/mol. The molecule has 5 heteroatoms. The molecule has 2 N–H and O–H groups in total. The number of hydrogen-bond acceptors (Lipinski definition) is 2. The highest BCUT2D eigenvalue weighted by atomic mass is 127. The maximum absolute atomic E-state index is 5.28. The van der Waals surface area contributed by atoms with Crippen LogP contribution in [0.5, 0.6) is 0 Å². The van der Waals surface area contributed by atoms with Gasteiger partial charge < -0.3 is 15.4 Å². The van der Waals surface area contributed by atoms with Crippen LogP contribution >= 0.6 is 24.0 Å².